The van der Waals surface area contributed by atoms with Gasteiger partial charge in [-0.05, 0) is 32.0 Å². The summed E-state index contributed by atoms with van der Waals surface area (Å²) in [7, 11) is 0. The molecular formula is C16H18BrN5S. The van der Waals surface area contributed by atoms with Crippen LogP contribution in [0.25, 0.3) is 15.5 Å². The average Bonchev–Trinajstić information content (AvgIpc) is 3.02. The van der Waals surface area contributed by atoms with E-state index in [-0.39, 0.29) is 0 Å². The summed E-state index contributed by atoms with van der Waals surface area (Å²) in [6, 6.07) is 8.15. The molecular weight excluding hydrogens is 374 g/mol. The monoisotopic (exact) mass is 391 g/mol. The Bertz CT molecular complexity index is 804. The van der Waals surface area contributed by atoms with Crippen molar-refractivity contribution < 1.29 is 0 Å². The maximum Gasteiger partial charge on any atom is 0.235 e. The van der Waals surface area contributed by atoms with Gasteiger partial charge in [-0.2, -0.15) is 9.61 Å². The molecule has 0 atom stereocenters. The highest BCUT2D eigenvalue weighted by Crippen LogP contribution is 2.31. The Kier molecular flexibility index (Phi) is 4.41. The molecule has 1 fully saturated rings. The van der Waals surface area contributed by atoms with Gasteiger partial charge in [-0.25, -0.2) is 0 Å². The third kappa shape index (κ3) is 3.18. The third-order valence-electron chi connectivity index (χ3n) is 4.22. The van der Waals surface area contributed by atoms with Crippen molar-refractivity contribution in [1.29, 1.82) is 0 Å². The topological polar surface area (TPSA) is 46.3 Å². The van der Waals surface area contributed by atoms with Crippen molar-refractivity contribution in [2.24, 2.45) is 0 Å². The molecule has 120 valence electrons. The Morgan fingerprint density at radius 1 is 1.04 bits per heavy atom. The van der Waals surface area contributed by atoms with Crippen LogP contribution in [0, 0.1) is 0 Å². The molecule has 3 heterocycles. The van der Waals surface area contributed by atoms with Gasteiger partial charge in [0.15, 0.2) is 5.82 Å². The van der Waals surface area contributed by atoms with Crippen LogP contribution in [0.15, 0.2) is 28.7 Å². The number of hydrogen-bond donors (Lipinski definition) is 0. The normalized spacial score (nSPS) is 16.7. The second-order valence-electron chi connectivity index (χ2n) is 5.89. The van der Waals surface area contributed by atoms with E-state index in [0.29, 0.717) is 0 Å². The lowest BCUT2D eigenvalue weighted by Crippen LogP contribution is -2.25. The molecule has 0 amide bonds. The number of benzene rings is 1. The van der Waals surface area contributed by atoms with Gasteiger partial charge in [0.2, 0.25) is 4.96 Å². The Hall–Kier alpha value is -1.31. The molecule has 1 saturated heterocycles. The number of nitrogens with zero attached hydrogens (tertiary/aromatic N) is 5. The van der Waals surface area contributed by atoms with E-state index in [9.17, 15) is 0 Å². The van der Waals surface area contributed by atoms with E-state index in [1.165, 1.54) is 25.7 Å². The zero-order chi connectivity index (χ0) is 15.6. The Morgan fingerprint density at radius 2 is 1.83 bits per heavy atom. The van der Waals surface area contributed by atoms with Gasteiger partial charge in [0.25, 0.3) is 0 Å². The molecule has 0 spiro atoms. The molecule has 0 N–H and O–H groups in total. The van der Waals surface area contributed by atoms with Crippen LogP contribution < -0.4 is 0 Å². The molecule has 0 unspecified atom stereocenters. The minimum atomic E-state index is 0.834. The molecule has 23 heavy (non-hydrogen) atoms. The molecule has 5 nitrogen and oxygen atoms in total. The van der Waals surface area contributed by atoms with Crippen molar-refractivity contribution in [3.8, 4) is 10.6 Å². The van der Waals surface area contributed by atoms with Crippen molar-refractivity contribution in [2.75, 3.05) is 13.1 Å². The maximum atomic E-state index is 4.75. The highest BCUT2D eigenvalue weighted by atomic mass is 79.9. The first kappa shape index (κ1) is 15.2. The Morgan fingerprint density at radius 3 is 2.61 bits per heavy atom. The molecule has 4 rings (SSSR count). The second-order valence-corrected chi connectivity index (χ2v) is 7.70. The van der Waals surface area contributed by atoms with Gasteiger partial charge in [-0.3, -0.25) is 4.90 Å². The summed E-state index contributed by atoms with van der Waals surface area (Å²) in [6.07, 6.45) is 5.24. The average molecular weight is 392 g/mol. The van der Waals surface area contributed by atoms with E-state index in [4.69, 9.17) is 5.10 Å². The van der Waals surface area contributed by atoms with Gasteiger partial charge in [0, 0.05) is 10.0 Å². The number of fused-ring (bicyclic) bond motifs is 1. The predicted octanol–water partition coefficient (Wildman–Crippen LogP) is 3.99. The highest BCUT2D eigenvalue weighted by molar-refractivity contribution is 9.10. The van der Waals surface area contributed by atoms with Gasteiger partial charge in [-0.1, -0.05) is 58.3 Å². The van der Waals surface area contributed by atoms with Crippen LogP contribution in [0.4, 0.5) is 0 Å². The number of hydrogen-bond acceptors (Lipinski definition) is 5. The smallest absolute Gasteiger partial charge is 0.235 e. The lowest BCUT2D eigenvalue weighted by Gasteiger charge is -2.17. The van der Waals surface area contributed by atoms with Crippen molar-refractivity contribution >= 4 is 32.2 Å². The quantitative estimate of drug-likeness (QED) is 0.676. The molecule has 0 radical (unpaired) electrons. The molecule has 3 aromatic rings. The van der Waals surface area contributed by atoms with E-state index in [1.54, 1.807) is 11.3 Å². The van der Waals surface area contributed by atoms with E-state index < -0.39 is 0 Å². The summed E-state index contributed by atoms with van der Waals surface area (Å²) in [6.45, 7) is 3.13. The van der Waals surface area contributed by atoms with Gasteiger partial charge < -0.3 is 0 Å². The molecule has 0 bridgehead atoms. The second kappa shape index (κ2) is 6.67. The summed E-state index contributed by atoms with van der Waals surface area (Å²) in [5, 5.41) is 14.4. The summed E-state index contributed by atoms with van der Waals surface area (Å²) < 4.78 is 2.96. The molecule has 2 aromatic heterocycles. The maximum absolute atomic E-state index is 4.75. The van der Waals surface area contributed by atoms with Crippen LogP contribution in [0.3, 0.4) is 0 Å². The summed E-state index contributed by atoms with van der Waals surface area (Å²) in [5.74, 6) is 0.941. The highest BCUT2D eigenvalue weighted by Gasteiger charge is 2.17. The number of aromatic nitrogens is 4. The molecule has 1 aromatic carbocycles. The zero-order valence-electron chi connectivity index (χ0n) is 12.8. The van der Waals surface area contributed by atoms with Gasteiger partial charge >= 0.3 is 0 Å². The molecule has 1 aliphatic heterocycles. The van der Waals surface area contributed by atoms with Crippen LogP contribution in [-0.4, -0.2) is 37.8 Å². The summed E-state index contributed by atoms with van der Waals surface area (Å²) >= 11 is 5.18. The van der Waals surface area contributed by atoms with E-state index in [0.717, 1.165) is 45.5 Å². The van der Waals surface area contributed by atoms with Crippen LogP contribution in [0.2, 0.25) is 0 Å². The standard InChI is InChI=1S/C16H18BrN5S/c17-13-8-4-3-7-12(13)15-20-22-14(18-19-16(22)23-15)11-21-9-5-1-2-6-10-21/h3-4,7-8H,1-2,5-6,9-11H2. The Balaban J connectivity index is 1.63. The number of likely N-dealkylation sites (tertiary alicyclic amines) is 1. The van der Waals surface area contributed by atoms with Crippen molar-refractivity contribution in [2.45, 2.75) is 32.2 Å². The molecule has 1 aliphatic rings. The van der Waals surface area contributed by atoms with Crippen LogP contribution in [0.1, 0.15) is 31.5 Å². The number of halogens is 1. The van der Waals surface area contributed by atoms with E-state index >= 15 is 0 Å². The van der Waals surface area contributed by atoms with Crippen LogP contribution >= 0.6 is 27.3 Å². The molecule has 0 aliphatic carbocycles. The van der Waals surface area contributed by atoms with Crippen molar-refractivity contribution in [1.82, 2.24) is 24.7 Å². The molecule has 0 saturated carbocycles. The van der Waals surface area contributed by atoms with Gasteiger partial charge in [0.1, 0.15) is 5.01 Å². The fourth-order valence-corrected chi connectivity index (χ4v) is 4.50. The first-order chi connectivity index (χ1) is 11.3. The van der Waals surface area contributed by atoms with Gasteiger partial charge in [-0.15, -0.1) is 10.2 Å². The predicted molar refractivity (Wildman–Crippen MR) is 95.5 cm³/mol. The summed E-state index contributed by atoms with van der Waals surface area (Å²) in [4.78, 5) is 3.33. The van der Waals surface area contributed by atoms with Crippen LogP contribution in [0.5, 0.6) is 0 Å². The summed E-state index contributed by atoms with van der Waals surface area (Å²) in [5.41, 5.74) is 1.10. The third-order valence-corrected chi connectivity index (χ3v) is 5.85. The zero-order valence-corrected chi connectivity index (χ0v) is 15.2. The van der Waals surface area contributed by atoms with Crippen LogP contribution in [-0.2, 0) is 6.54 Å². The Labute approximate surface area is 147 Å². The minimum absolute atomic E-state index is 0.834. The minimum Gasteiger partial charge on any atom is -0.296 e. The first-order valence-electron chi connectivity index (χ1n) is 7.99. The van der Waals surface area contributed by atoms with Crippen molar-refractivity contribution in [3.63, 3.8) is 0 Å². The fourth-order valence-electron chi connectivity index (χ4n) is 2.99. The largest absolute Gasteiger partial charge is 0.296 e. The lowest BCUT2D eigenvalue weighted by atomic mass is 10.2. The first-order valence-corrected chi connectivity index (χ1v) is 9.60. The molecule has 7 heteroatoms. The van der Waals surface area contributed by atoms with Gasteiger partial charge in [0.05, 0.1) is 6.54 Å². The van der Waals surface area contributed by atoms with E-state index in [2.05, 4.69) is 37.1 Å². The lowest BCUT2D eigenvalue weighted by molar-refractivity contribution is 0.268. The number of rotatable bonds is 3. The fraction of sp³-hybridized carbons (Fsp3) is 0.438. The SMILES string of the molecule is Brc1ccccc1-c1nn2c(CN3CCCCCC3)nnc2s1. The van der Waals surface area contributed by atoms with Crippen molar-refractivity contribution in [3.05, 3.63) is 34.6 Å². The van der Waals surface area contributed by atoms with E-state index in [1.807, 2.05) is 22.7 Å².